The van der Waals surface area contributed by atoms with Crippen molar-refractivity contribution in [3.8, 4) is 0 Å². The number of rotatable bonds is 2. The van der Waals surface area contributed by atoms with Crippen molar-refractivity contribution in [1.82, 2.24) is 0 Å². The van der Waals surface area contributed by atoms with Gasteiger partial charge in [-0.3, -0.25) is 4.79 Å². The summed E-state index contributed by atoms with van der Waals surface area (Å²) in [6.45, 7) is 0. The smallest absolute Gasteiger partial charge is 0.385 e. The van der Waals surface area contributed by atoms with Crippen LogP contribution in [-0.4, -0.2) is 5.78 Å². The second kappa shape index (κ2) is 7.85. The van der Waals surface area contributed by atoms with Crippen molar-refractivity contribution in [1.29, 1.82) is 10.8 Å². The van der Waals surface area contributed by atoms with Gasteiger partial charge in [0.15, 0.2) is 15.7 Å². The second-order valence-corrected chi connectivity index (χ2v) is 3.62. The molecule has 0 N–H and O–H groups in total. The summed E-state index contributed by atoms with van der Waals surface area (Å²) in [5.41, 5.74) is 1.77. The zero-order valence-electron chi connectivity index (χ0n) is 10.1. The molecule has 5 nitrogen and oxygen atoms in total. The highest BCUT2D eigenvalue weighted by Gasteiger charge is 2.13. The minimum Gasteiger partial charge on any atom is -1.00 e. The lowest BCUT2D eigenvalue weighted by molar-refractivity contribution is -0.00100. The van der Waals surface area contributed by atoms with Gasteiger partial charge in [0.05, 0.1) is 0 Å². The predicted octanol–water partition coefficient (Wildman–Crippen LogP) is -2.11. The van der Waals surface area contributed by atoms with Gasteiger partial charge in [0.2, 0.25) is 10.8 Å². The molecule has 0 fully saturated rings. The van der Waals surface area contributed by atoms with Crippen molar-refractivity contribution in [3.63, 3.8) is 0 Å². The maximum Gasteiger partial charge on any atom is 0.385 e. The Labute approximate surface area is 127 Å². The molecule has 0 radical (unpaired) electrons. The Kier molecular flexibility index (Phi) is 6.88. The van der Waals surface area contributed by atoms with Gasteiger partial charge in [-0.1, -0.05) is 0 Å². The highest BCUT2D eigenvalue weighted by Crippen LogP contribution is 2.18. The summed E-state index contributed by atoms with van der Waals surface area (Å²) in [4.78, 5) is 18.1. The Morgan fingerprint density at radius 3 is 1.25 bits per heavy atom. The third-order valence-corrected chi connectivity index (χ3v) is 2.49. The van der Waals surface area contributed by atoms with E-state index in [1.807, 2.05) is 0 Å². The fourth-order valence-corrected chi connectivity index (χ4v) is 1.53. The van der Waals surface area contributed by atoms with Gasteiger partial charge in [0, 0.05) is 35.4 Å². The molecule has 20 heavy (non-hydrogen) atoms. The lowest BCUT2D eigenvalue weighted by atomic mass is 10.0. The first-order valence-electron chi connectivity index (χ1n) is 5.19. The Hall–Kier alpha value is -2.47. The van der Waals surface area contributed by atoms with Gasteiger partial charge < -0.3 is 24.8 Å². The van der Waals surface area contributed by atoms with E-state index >= 15 is 0 Å². The van der Waals surface area contributed by atoms with E-state index in [-0.39, 0.29) is 30.6 Å². The van der Waals surface area contributed by atoms with E-state index in [1.54, 1.807) is 48.5 Å². The molecule has 0 atom stereocenters. The molecule has 2 aromatic rings. The summed E-state index contributed by atoms with van der Waals surface area (Å²) in [5.74, 6) is -0.149. The number of carbonyl (C=O) groups is 1. The number of hydrogen-bond donors (Lipinski definition) is 0. The van der Waals surface area contributed by atoms with Gasteiger partial charge in [0.25, 0.3) is 0 Å². The first kappa shape index (κ1) is 17.5. The molecule has 0 aliphatic rings. The topological polar surface area (TPSA) is 73.4 Å². The first-order chi connectivity index (χ1) is 8.74. The maximum atomic E-state index is 12.1. The molecule has 0 saturated heterocycles. The quantitative estimate of drug-likeness (QED) is 0.471. The number of nitrogens with zero attached hydrogens (tertiary/aromatic N) is 4. The number of diazo groups is 2. The van der Waals surface area contributed by atoms with Crippen molar-refractivity contribution < 1.29 is 29.6 Å². The van der Waals surface area contributed by atoms with Gasteiger partial charge in [0.1, 0.15) is 0 Å². The van der Waals surface area contributed by atoms with Crippen LogP contribution in [0.3, 0.4) is 0 Å². The molecule has 7 heteroatoms. The summed E-state index contributed by atoms with van der Waals surface area (Å²) in [7, 11) is 0. The summed E-state index contributed by atoms with van der Waals surface area (Å²) in [6.07, 6.45) is 0. The van der Waals surface area contributed by atoms with Gasteiger partial charge in [-0.25, -0.2) is 0 Å². The molecule has 0 amide bonds. The van der Waals surface area contributed by atoms with Gasteiger partial charge in [-0.15, -0.1) is 0 Å². The number of halogens is 2. The average Bonchev–Trinajstić information content (AvgIpc) is 2.47. The van der Waals surface area contributed by atoms with Crippen LogP contribution in [0.2, 0.25) is 0 Å². The van der Waals surface area contributed by atoms with Gasteiger partial charge in [-0.2, -0.15) is 0 Å². The molecule has 0 aliphatic carbocycles. The van der Waals surface area contributed by atoms with Crippen LogP contribution < -0.4 is 24.8 Å². The number of benzene rings is 2. The van der Waals surface area contributed by atoms with Crippen LogP contribution in [0.25, 0.3) is 9.95 Å². The molecule has 0 heterocycles. The van der Waals surface area contributed by atoms with E-state index in [0.29, 0.717) is 22.5 Å². The molecule has 0 bridgehead atoms. The van der Waals surface area contributed by atoms with Crippen LogP contribution in [0.5, 0.6) is 0 Å². The van der Waals surface area contributed by atoms with Crippen molar-refractivity contribution in [3.05, 3.63) is 69.6 Å². The van der Waals surface area contributed by atoms with E-state index in [4.69, 9.17) is 10.8 Å². The molecule has 0 aromatic heterocycles. The Morgan fingerprint density at radius 1 is 0.700 bits per heavy atom. The number of hydrogen-bond acceptors (Lipinski definition) is 3. The van der Waals surface area contributed by atoms with Crippen LogP contribution in [0, 0.1) is 10.8 Å². The van der Waals surface area contributed by atoms with Crippen LogP contribution in [0.4, 0.5) is 11.4 Å². The molecule has 2 rings (SSSR count). The monoisotopic (exact) mass is 306 g/mol. The third kappa shape index (κ3) is 3.76. The molecular weight excluding hydrogens is 299 g/mol. The van der Waals surface area contributed by atoms with Crippen molar-refractivity contribution in [2.45, 2.75) is 0 Å². The Morgan fingerprint density at radius 2 is 1.00 bits per heavy atom. The lowest BCUT2D eigenvalue weighted by Crippen LogP contribution is -3.00. The number of carbonyl (C=O) groups excluding carboxylic acids is 1. The highest BCUT2D eigenvalue weighted by atomic mass is 35.5. The average molecular weight is 307 g/mol. The molecule has 100 valence electrons. The molecular formula is C13H8Cl2N4O. The minimum absolute atomic E-state index is 0. The fourth-order valence-electron chi connectivity index (χ4n) is 1.53. The van der Waals surface area contributed by atoms with E-state index in [9.17, 15) is 4.79 Å². The second-order valence-electron chi connectivity index (χ2n) is 3.62. The maximum absolute atomic E-state index is 12.1. The van der Waals surface area contributed by atoms with Gasteiger partial charge >= 0.3 is 11.4 Å². The number of ketones is 1. The van der Waals surface area contributed by atoms with Crippen molar-refractivity contribution in [2.24, 2.45) is 0 Å². The molecule has 2 aromatic carbocycles. The van der Waals surface area contributed by atoms with Crippen molar-refractivity contribution >= 4 is 17.2 Å². The van der Waals surface area contributed by atoms with E-state index in [0.717, 1.165) is 0 Å². The van der Waals surface area contributed by atoms with Crippen LogP contribution >= 0.6 is 0 Å². The van der Waals surface area contributed by atoms with Crippen LogP contribution in [0.1, 0.15) is 15.9 Å². The summed E-state index contributed by atoms with van der Waals surface area (Å²) in [6, 6.07) is 12.5. The highest BCUT2D eigenvalue weighted by molar-refractivity contribution is 6.09. The van der Waals surface area contributed by atoms with Crippen LogP contribution in [-0.2, 0) is 0 Å². The summed E-state index contributed by atoms with van der Waals surface area (Å²) < 4.78 is 0. The molecule has 0 saturated carbocycles. The first-order valence-corrected chi connectivity index (χ1v) is 5.19. The zero-order chi connectivity index (χ0) is 13.0. The van der Waals surface area contributed by atoms with E-state index in [2.05, 4.69) is 9.95 Å². The Bertz CT molecular complexity index is 610. The van der Waals surface area contributed by atoms with Crippen molar-refractivity contribution in [2.75, 3.05) is 0 Å². The Balaban J connectivity index is 0.00000180. The van der Waals surface area contributed by atoms with Crippen LogP contribution in [0.15, 0.2) is 48.5 Å². The van der Waals surface area contributed by atoms with Gasteiger partial charge in [-0.05, 0) is 24.3 Å². The lowest BCUT2D eigenvalue weighted by Gasteiger charge is -1.98. The SMILES string of the molecule is N#[N+]c1ccc(C(=O)c2ccc([N+]#N)cc2)cc1.[Cl-].[Cl-]. The zero-order valence-corrected chi connectivity index (χ0v) is 11.6. The van der Waals surface area contributed by atoms with E-state index in [1.165, 1.54) is 0 Å². The predicted molar refractivity (Wildman–Crippen MR) is 65.8 cm³/mol. The normalized spacial score (nSPS) is 8.30. The molecule has 0 spiro atoms. The fraction of sp³-hybridized carbons (Fsp3) is 0. The summed E-state index contributed by atoms with van der Waals surface area (Å²) in [5, 5.41) is 17.1. The minimum atomic E-state index is -0.149. The largest absolute Gasteiger partial charge is 1.00 e. The molecule has 0 aliphatic heterocycles. The third-order valence-electron chi connectivity index (χ3n) is 2.49. The molecule has 0 unspecified atom stereocenters. The summed E-state index contributed by atoms with van der Waals surface area (Å²) >= 11 is 0. The van der Waals surface area contributed by atoms with E-state index < -0.39 is 0 Å². The standard InChI is InChI=1S/C13H8N4O.2ClH/c14-16-11-5-1-9(2-6-11)13(18)10-3-7-12(17-15)8-4-10;;/h1-8H;2*1H/q+2;;/p-2.